The summed E-state index contributed by atoms with van der Waals surface area (Å²) in [5.74, 6) is -1.53. The maximum atomic E-state index is 12.6. The van der Waals surface area contributed by atoms with E-state index in [2.05, 4.69) is 21.6 Å². The van der Waals surface area contributed by atoms with E-state index in [1.807, 2.05) is 0 Å². The van der Waals surface area contributed by atoms with Gasteiger partial charge in [-0.1, -0.05) is 11.8 Å². The molecular formula is C12H14F3N5OS. The highest BCUT2D eigenvalue weighted by molar-refractivity contribution is 7.99. The molecule has 0 radical (unpaired) electrons. The van der Waals surface area contributed by atoms with Crippen molar-refractivity contribution in [2.24, 2.45) is 13.0 Å². The molecule has 1 aromatic heterocycles. The van der Waals surface area contributed by atoms with Crippen LogP contribution in [0.25, 0.3) is 0 Å². The van der Waals surface area contributed by atoms with Crippen LogP contribution in [0.15, 0.2) is 5.16 Å². The number of carbonyl (C=O) groups is 1. The Morgan fingerprint density at radius 3 is 2.59 bits per heavy atom. The Hall–Kier alpha value is -1.76. The number of nitrogens with one attached hydrogen (secondary N) is 1. The predicted octanol–water partition coefficient (Wildman–Crippen LogP) is 1.73. The van der Waals surface area contributed by atoms with Crippen molar-refractivity contribution in [2.75, 3.05) is 5.75 Å². The van der Waals surface area contributed by atoms with Crippen LogP contribution in [0, 0.1) is 17.2 Å². The first-order chi connectivity index (χ1) is 10.2. The molecule has 1 fully saturated rings. The topological polar surface area (TPSA) is 83.6 Å². The molecule has 10 heteroatoms. The number of nitriles is 1. The first kappa shape index (κ1) is 16.6. The second-order valence-corrected chi connectivity index (χ2v) is 6.23. The third kappa shape index (κ3) is 3.52. The summed E-state index contributed by atoms with van der Waals surface area (Å²) in [7, 11) is 1.19. The third-order valence-corrected chi connectivity index (χ3v) is 4.47. The lowest BCUT2D eigenvalue weighted by Gasteiger charge is -2.22. The molecule has 0 saturated heterocycles. The molecule has 1 atom stereocenters. The molecule has 1 heterocycles. The van der Waals surface area contributed by atoms with Gasteiger partial charge in [-0.05, 0) is 25.7 Å². The van der Waals surface area contributed by atoms with E-state index in [0.717, 1.165) is 29.2 Å². The van der Waals surface area contributed by atoms with Crippen LogP contribution in [-0.2, 0) is 18.0 Å². The molecule has 0 unspecified atom stereocenters. The lowest BCUT2D eigenvalue weighted by Crippen LogP contribution is -2.47. The fourth-order valence-corrected chi connectivity index (χ4v) is 2.74. The summed E-state index contributed by atoms with van der Waals surface area (Å²) in [5, 5.41) is 18.3. The number of hydrogen-bond acceptors (Lipinski definition) is 5. The molecule has 1 N–H and O–H groups in total. The van der Waals surface area contributed by atoms with Gasteiger partial charge in [-0.25, -0.2) is 0 Å². The first-order valence-corrected chi connectivity index (χ1v) is 7.47. The van der Waals surface area contributed by atoms with E-state index in [1.54, 1.807) is 6.92 Å². The minimum Gasteiger partial charge on any atom is -0.337 e. The van der Waals surface area contributed by atoms with Crippen molar-refractivity contribution in [1.82, 2.24) is 20.1 Å². The van der Waals surface area contributed by atoms with Crippen LogP contribution in [0.4, 0.5) is 13.2 Å². The van der Waals surface area contributed by atoms with Crippen LogP contribution in [0.5, 0.6) is 0 Å². The Bertz CT molecular complexity index is 619. The average molecular weight is 333 g/mol. The summed E-state index contributed by atoms with van der Waals surface area (Å²) in [6, 6.07) is 2.08. The molecule has 0 aromatic carbocycles. The summed E-state index contributed by atoms with van der Waals surface area (Å²) in [5.41, 5.74) is -0.922. The zero-order chi connectivity index (χ0) is 16.5. The molecule has 1 aliphatic rings. The van der Waals surface area contributed by atoms with E-state index in [1.165, 1.54) is 7.05 Å². The highest BCUT2D eigenvalue weighted by Gasteiger charge is 2.43. The van der Waals surface area contributed by atoms with Crippen LogP contribution < -0.4 is 5.32 Å². The number of hydrogen-bond donors (Lipinski definition) is 1. The van der Waals surface area contributed by atoms with Crippen LogP contribution in [0.1, 0.15) is 25.6 Å². The number of amides is 1. The van der Waals surface area contributed by atoms with Crippen LogP contribution in [-0.4, -0.2) is 32.0 Å². The molecule has 0 aliphatic heterocycles. The fraction of sp³-hybridized carbons (Fsp3) is 0.667. The van der Waals surface area contributed by atoms with Gasteiger partial charge < -0.3 is 9.88 Å². The van der Waals surface area contributed by atoms with Gasteiger partial charge in [-0.15, -0.1) is 10.2 Å². The molecule has 120 valence electrons. The predicted molar refractivity (Wildman–Crippen MR) is 71.6 cm³/mol. The molecule has 2 rings (SSSR count). The number of alkyl halides is 3. The highest BCUT2D eigenvalue weighted by Crippen LogP contribution is 2.39. The zero-order valence-corrected chi connectivity index (χ0v) is 12.8. The van der Waals surface area contributed by atoms with Gasteiger partial charge in [0, 0.05) is 7.05 Å². The second-order valence-electron chi connectivity index (χ2n) is 5.29. The largest absolute Gasteiger partial charge is 0.451 e. The van der Waals surface area contributed by atoms with Crippen LogP contribution in [0.2, 0.25) is 0 Å². The van der Waals surface area contributed by atoms with Crippen molar-refractivity contribution < 1.29 is 18.0 Å². The summed E-state index contributed by atoms with van der Waals surface area (Å²) >= 11 is 0.843. The van der Waals surface area contributed by atoms with E-state index in [4.69, 9.17) is 5.26 Å². The van der Waals surface area contributed by atoms with Crippen molar-refractivity contribution in [3.05, 3.63) is 5.82 Å². The molecule has 1 amide bonds. The summed E-state index contributed by atoms with van der Waals surface area (Å²) in [6.45, 7) is 1.65. The molecular weight excluding hydrogens is 319 g/mol. The molecule has 1 saturated carbocycles. The quantitative estimate of drug-likeness (QED) is 0.830. The zero-order valence-electron chi connectivity index (χ0n) is 11.9. The van der Waals surface area contributed by atoms with Gasteiger partial charge in [-0.2, -0.15) is 18.4 Å². The van der Waals surface area contributed by atoms with E-state index in [9.17, 15) is 18.0 Å². The monoisotopic (exact) mass is 333 g/mol. The van der Waals surface area contributed by atoms with Gasteiger partial charge in [-0.3, -0.25) is 4.79 Å². The van der Waals surface area contributed by atoms with Gasteiger partial charge in [0.15, 0.2) is 5.16 Å². The van der Waals surface area contributed by atoms with E-state index in [0.29, 0.717) is 0 Å². The number of nitrogens with zero attached hydrogens (tertiary/aromatic N) is 4. The maximum Gasteiger partial charge on any atom is 0.451 e. The Kier molecular flexibility index (Phi) is 4.37. The Morgan fingerprint density at radius 1 is 1.50 bits per heavy atom. The molecule has 6 nitrogen and oxygen atoms in total. The van der Waals surface area contributed by atoms with Gasteiger partial charge in [0.25, 0.3) is 0 Å². The molecule has 22 heavy (non-hydrogen) atoms. The summed E-state index contributed by atoms with van der Waals surface area (Å²) in [6.07, 6.45) is -2.82. The third-order valence-electron chi connectivity index (χ3n) is 3.45. The second kappa shape index (κ2) is 5.79. The van der Waals surface area contributed by atoms with Crippen LogP contribution >= 0.6 is 11.8 Å². The maximum absolute atomic E-state index is 12.6. The average Bonchev–Trinajstić information content (AvgIpc) is 3.20. The fourth-order valence-electron chi connectivity index (χ4n) is 2.03. The summed E-state index contributed by atoms with van der Waals surface area (Å²) in [4.78, 5) is 11.9. The Labute approximate surface area is 129 Å². The van der Waals surface area contributed by atoms with Crippen molar-refractivity contribution in [3.63, 3.8) is 0 Å². The smallest absolute Gasteiger partial charge is 0.337 e. The van der Waals surface area contributed by atoms with Gasteiger partial charge in [0.1, 0.15) is 5.54 Å². The molecule has 1 aromatic rings. The number of thioether (sulfide) groups is 1. The lowest BCUT2D eigenvalue weighted by molar-refractivity contribution is -0.147. The lowest BCUT2D eigenvalue weighted by atomic mass is 9.98. The normalized spacial score (nSPS) is 17.6. The number of rotatable bonds is 5. The number of aromatic nitrogens is 3. The minimum absolute atomic E-state index is 0.00689. The van der Waals surface area contributed by atoms with Gasteiger partial charge in [0.2, 0.25) is 11.7 Å². The summed E-state index contributed by atoms with van der Waals surface area (Å²) < 4.78 is 38.5. The van der Waals surface area contributed by atoms with Gasteiger partial charge >= 0.3 is 6.18 Å². The number of carbonyl (C=O) groups excluding carboxylic acids is 1. The molecule has 0 spiro atoms. The number of halogens is 3. The highest BCUT2D eigenvalue weighted by atomic mass is 32.2. The van der Waals surface area contributed by atoms with Crippen LogP contribution in [0.3, 0.4) is 0 Å². The van der Waals surface area contributed by atoms with Crippen molar-refractivity contribution in [2.45, 2.75) is 36.6 Å². The van der Waals surface area contributed by atoms with Crippen molar-refractivity contribution in [3.8, 4) is 6.07 Å². The van der Waals surface area contributed by atoms with E-state index >= 15 is 0 Å². The minimum atomic E-state index is -4.59. The van der Waals surface area contributed by atoms with Crippen molar-refractivity contribution in [1.29, 1.82) is 5.26 Å². The standard InChI is InChI=1S/C12H14F3N5OS/c1-11(6-16,7-3-4-7)17-8(21)5-22-10-19-18-9(20(10)2)12(13,14)15/h7H,3-5H2,1-2H3,(H,17,21)/t11-/m1/s1. The van der Waals surface area contributed by atoms with E-state index in [-0.39, 0.29) is 16.8 Å². The SMILES string of the molecule is Cn1c(SCC(=O)N[C@](C)(C#N)C2CC2)nnc1C(F)(F)F. The Morgan fingerprint density at radius 2 is 2.14 bits per heavy atom. The Balaban J connectivity index is 1.95. The van der Waals surface area contributed by atoms with Gasteiger partial charge in [0.05, 0.1) is 11.8 Å². The first-order valence-electron chi connectivity index (χ1n) is 6.49. The molecule has 0 bridgehead atoms. The molecule has 1 aliphatic carbocycles. The van der Waals surface area contributed by atoms with Crippen molar-refractivity contribution >= 4 is 17.7 Å². The van der Waals surface area contributed by atoms with E-state index < -0.39 is 23.4 Å².